The molecule has 0 saturated carbocycles. The molecule has 1 saturated heterocycles. The monoisotopic (exact) mass is 223 g/mol. The molecule has 0 aliphatic carbocycles. The van der Waals surface area contributed by atoms with Crippen LogP contribution in [0.1, 0.15) is 29.0 Å². The summed E-state index contributed by atoms with van der Waals surface area (Å²) < 4.78 is 5.08. The van der Waals surface area contributed by atoms with Crippen molar-refractivity contribution in [1.82, 2.24) is 4.90 Å². The summed E-state index contributed by atoms with van der Waals surface area (Å²) in [6.07, 6.45) is 2.72. The van der Waals surface area contributed by atoms with Gasteiger partial charge in [0, 0.05) is 6.54 Å². The summed E-state index contributed by atoms with van der Waals surface area (Å²) in [5.74, 6) is -1.07. The van der Waals surface area contributed by atoms with Crippen molar-refractivity contribution in [2.24, 2.45) is 0 Å². The predicted octanol–water partition coefficient (Wildman–Crippen LogP) is 1.28. The van der Waals surface area contributed by atoms with Gasteiger partial charge in [0.05, 0.1) is 6.26 Å². The van der Waals surface area contributed by atoms with Gasteiger partial charge in [0.25, 0.3) is 5.91 Å². The second-order valence-electron chi connectivity index (χ2n) is 3.98. The first-order valence-corrected chi connectivity index (χ1v) is 5.18. The van der Waals surface area contributed by atoms with E-state index < -0.39 is 12.0 Å². The molecule has 1 amide bonds. The molecule has 1 atom stereocenters. The summed E-state index contributed by atoms with van der Waals surface area (Å²) in [6.45, 7) is 2.30. The van der Waals surface area contributed by atoms with Crippen LogP contribution in [0.2, 0.25) is 0 Å². The van der Waals surface area contributed by atoms with Crippen molar-refractivity contribution in [3.8, 4) is 0 Å². The van der Waals surface area contributed by atoms with E-state index in [1.165, 1.54) is 11.2 Å². The Balaban J connectivity index is 2.18. The zero-order chi connectivity index (χ0) is 11.7. The average Bonchev–Trinajstić information content (AvgIpc) is 2.84. The second-order valence-corrected chi connectivity index (χ2v) is 3.98. The number of hydrogen-bond acceptors (Lipinski definition) is 3. The Labute approximate surface area is 92.7 Å². The Morgan fingerprint density at radius 1 is 1.56 bits per heavy atom. The van der Waals surface area contributed by atoms with Crippen molar-refractivity contribution < 1.29 is 19.1 Å². The zero-order valence-corrected chi connectivity index (χ0v) is 8.97. The second kappa shape index (κ2) is 4.00. The molecule has 0 unspecified atom stereocenters. The number of carbonyl (C=O) groups is 2. The lowest BCUT2D eigenvalue weighted by Gasteiger charge is -2.19. The molecular formula is C11H13NO4. The smallest absolute Gasteiger partial charge is 0.326 e. The molecular weight excluding hydrogens is 210 g/mol. The molecule has 0 bridgehead atoms. The Morgan fingerprint density at radius 3 is 2.88 bits per heavy atom. The van der Waals surface area contributed by atoms with Crippen molar-refractivity contribution in [2.45, 2.75) is 25.8 Å². The standard InChI is InChI=1S/C11H13NO4/c1-7-5-9(16-6-7)10(13)12-4-2-3-8(12)11(14)15/h5-6,8H,2-4H2,1H3,(H,14,15)/t8-/m0/s1. The highest BCUT2D eigenvalue weighted by Gasteiger charge is 2.35. The van der Waals surface area contributed by atoms with Gasteiger partial charge in [-0.1, -0.05) is 0 Å². The van der Waals surface area contributed by atoms with E-state index in [-0.39, 0.29) is 11.7 Å². The third kappa shape index (κ3) is 1.80. The van der Waals surface area contributed by atoms with Gasteiger partial charge in [-0.2, -0.15) is 0 Å². The predicted molar refractivity (Wildman–Crippen MR) is 55.1 cm³/mol. The molecule has 0 radical (unpaired) electrons. The quantitative estimate of drug-likeness (QED) is 0.819. The van der Waals surface area contributed by atoms with E-state index in [0.29, 0.717) is 13.0 Å². The highest BCUT2D eigenvalue weighted by molar-refractivity contribution is 5.94. The number of aryl methyl sites for hydroxylation is 1. The number of likely N-dealkylation sites (tertiary alicyclic amines) is 1. The van der Waals surface area contributed by atoms with E-state index in [4.69, 9.17) is 9.52 Å². The largest absolute Gasteiger partial charge is 0.480 e. The highest BCUT2D eigenvalue weighted by Crippen LogP contribution is 2.21. The molecule has 16 heavy (non-hydrogen) atoms. The summed E-state index contributed by atoms with van der Waals surface area (Å²) in [5, 5.41) is 8.96. The number of aliphatic carboxylic acids is 1. The van der Waals surface area contributed by atoms with Gasteiger partial charge in [-0.3, -0.25) is 4.79 Å². The lowest BCUT2D eigenvalue weighted by atomic mass is 10.2. The summed E-state index contributed by atoms with van der Waals surface area (Å²) in [6, 6.07) is 0.914. The van der Waals surface area contributed by atoms with Crippen LogP contribution in [0.5, 0.6) is 0 Å². The Bertz CT molecular complexity index is 423. The van der Waals surface area contributed by atoms with Crippen LogP contribution in [0, 0.1) is 6.92 Å². The maximum Gasteiger partial charge on any atom is 0.326 e. The number of carbonyl (C=O) groups excluding carboxylic acids is 1. The van der Waals surface area contributed by atoms with Crippen LogP contribution in [-0.2, 0) is 4.79 Å². The van der Waals surface area contributed by atoms with E-state index >= 15 is 0 Å². The maximum atomic E-state index is 11.9. The minimum absolute atomic E-state index is 0.214. The minimum atomic E-state index is -0.950. The van der Waals surface area contributed by atoms with E-state index in [2.05, 4.69) is 0 Å². The first-order valence-electron chi connectivity index (χ1n) is 5.18. The van der Waals surface area contributed by atoms with E-state index in [1.807, 2.05) is 6.92 Å². The molecule has 1 aliphatic heterocycles. The van der Waals surface area contributed by atoms with Crippen LogP contribution in [-0.4, -0.2) is 34.5 Å². The fraction of sp³-hybridized carbons (Fsp3) is 0.455. The average molecular weight is 223 g/mol. The normalized spacial score (nSPS) is 20.1. The highest BCUT2D eigenvalue weighted by atomic mass is 16.4. The number of nitrogens with zero attached hydrogens (tertiary/aromatic N) is 1. The fourth-order valence-electron chi connectivity index (χ4n) is 1.95. The van der Waals surface area contributed by atoms with Crippen molar-refractivity contribution in [3.05, 3.63) is 23.7 Å². The third-order valence-corrected chi connectivity index (χ3v) is 2.74. The molecule has 0 spiro atoms. The number of furan rings is 1. The Morgan fingerprint density at radius 2 is 2.31 bits per heavy atom. The fourth-order valence-corrected chi connectivity index (χ4v) is 1.95. The molecule has 1 aromatic heterocycles. The topological polar surface area (TPSA) is 70.8 Å². The Hall–Kier alpha value is -1.78. The molecule has 1 N–H and O–H groups in total. The van der Waals surface area contributed by atoms with E-state index in [1.54, 1.807) is 6.07 Å². The van der Waals surface area contributed by atoms with Crippen LogP contribution >= 0.6 is 0 Å². The van der Waals surface area contributed by atoms with Crippen LogP contribution < -0.4 is 0 Å². The molecule has 1 aromatic rings. The molecule has 1 fully saturated rings. The van der Waals surface area contributed by atoms with Gasteiger partial charge in [-0.05, 0) is 31.4 Å². The van der Waals surface area contributed by atoms with Crippen LogP contribution in [0.15, 0.2) is 16.7 Å². The number of carboxylic acids is 1. The minimum Gasteiger partial charge on any atom is -0.480 e. The van der Waals surface area contributed by atoms with Crippen LogP contribution in [0.3, 0.4) is 0 Å². The van der Waals surface area contributed by atoms with Crippen molar-refractivity contribution in [2.75, 3.05) is 6.54 Å². The van der Waals surface area contributed by atoms with Gasteiger partial charge >= 0.3 is 5.97 Å². The van der Waals surface area contributed by atoms with E-state index in [9.17, 15) is 9.59 Å². The van der Waals surface area contributed by atoms with Crippen LogP contribution in [0.25, 0.3) is 0 Å². The maximum absolute atomic E-state index is 11.9. The molecule has 2 rings (SSSR count). The Kier molecular flexibility index (Phi) is 2.68. The van der Waals surface area contributed by atoms with Crippen molar-refractivity contribution >= 4 is 11.9 Å². The molecule has 86 valence electrons. The SMILES string of the molecule is Cc1coc(C(=O)N2CCC[C@H]2C(=O)O)c1. The molecule has 0 aromatic carbocycles. The summed E-state index contributed by atoms with van der Waals surface area (Å²) in [4.78, 5) is 24.2. The summed E-state index contributed by atoms with van der Waals surface area (Å²) in [5.41, 5.74) is 0.856. The molecule has 5 nitrogen and oxygen atoms in total. The van der Waals surface area contributed by atoms with Crippen molar-refractivity contribution in [3.63, 3.8) is 0 Å². The first-order chi connectivity index (χ1) is 7.59. The van der Waals surface area contributed by atoms with Crippen molar-refractivity contribution in [1.29, 1.82) is 0 Å². The molecule has 5 heteroatoms. The molecule has 1 aliphatic rings. The third-order valence-electron chi connectivity index (χ3n) is 2.74. The van der Waals surface area contributed by atoms with Crippen LogP contribution in [0.4, 0.5) is 0 Å². The number of amides is 1. The number of rotatable bonds is 2. The summed E-state index contributed by atoms with van der Waals surface area (Å²) in [7, 11) is 0. The van der Waals surface area contributed by atoms with Gasteiger partial charge in [0.1, 0.15) is 6.04 Å². The molecule has 2 heterocycles. The van der Waals surface area contributed by atoms with Gasteiger partial charge in [-0.25, -0.2) is 4.79 Å². The van der Waals surface area contributed by atoms with Gasteiger partial charge in [-0.15, -0.1) is 0 Å². The van der Waals surface area contributed by atoms with Gasteiger partial charge < -0.3 is 14.4 Å². The summed E-state index contributed by atoms with van der Waals surface area (Å²) >= 11 is 0. The lowest BCUT2D eigenvalue weighted by molar-refractivity contribution is -0.141. The zero-order valence-electron chi connectivity index (χ0n) is 8.97. The van der Waals surface area contributed by atoms with Gasteiger partial charge in [0.2, 0.25) is 0 Å². The van der Waals surface area contributed by atoms with E-state index in [0.717, 1.165) is 12.0 Å². The van der Waals surface area contributed by atoms with Gasteiger partial charge in [0.15, 0.2) is 5.76 Å². The first kappa shape index (κ1) is 10.7. The lowest BCUT2D eigenvalue weighted by Crippen LogP contribution is -2.40. The number of carboxylic acid groups (broad SMARTS) is 1. The number of hydrogen-bond donors (Lipinski definition) is 1.